The maximum absolute atomic E-state index is 12.0. The SMILES string of the molecule is O=C(CCCCC1CCSS1)OCCCCCCOc1ccc(-c2c3ccccc3c(-c3ccccc3)c3ccccc23)cc1. The van der Waals surface area contributed by atoms with Crippen LogP contribution in [0.3, 0.4) is 0 Å². The highest BCUT2D eigenvalue weighted by Crippen LogP contribution is 2.43. The number of carbonyl (C=O) groups is 1. The van der Waals surface area contributed by atoms with Crippen molar-refractivity contribution in [2.75, 3.05) is 19.0 Å². The summed E-state index contributed by atoms with van der Waals surface area (Å²) in [6.07, 6.45) is 9.21. The Kier molecular flexibility index (Phi) is 11.4. The van der Waals surface area contributed by atoms with Gasteiger partial charge in [-0.05, 0) is 101 Å². The van der Waals surface area contributed by atoms with Crippen molar-refractivity contribution in [2.45, 2.75) is 63.0 Å². The Bertz CT molecular complexity index is 1620. The van der Waals surface area contributed by atoms with Crippen molar-refractivity contribution in [2.24, 2.45) is 0 Å². The molecule has 1 aliphatic heterocycles. The second-order valence-corrected chi connectivity index (χ2v) is 14.6. The Morgan fingerprint density at radius 3 is 1.80 bits per heavy atom. The van der Waals surface area contributed by atoms with E-state index >= 15 is 0 Å². The Balaban J connectivity index is 0.986. The van der Waals surface area contributed by atoms with E-state index in [1.165, 1.54) is 62.4 Å². The maximum Gasteiger partial charge on any atom is 0.305 e. The number of hydrogen-bond acceptors (Lipinski definition) is 5. The molecule has 0 N–H and O–H groups in total. The lowest BCUT2D eigenvalue weighted by Gasteiger charge is -2.18. The maximum atomic E-state index is 12.0. The summed E-state index contributed by atoms with van der Waals surface area (Å²) in [7, 11) is 4.00. The van der Waals surface area contributed by atoms with E-state index < -0.39 is 0 Å². The standard InChI is InChI=1S/C40H42O3S2/c41-38(21-11-6-16-33-26-29-44-45-33)43-28-13-2-1-12-27-42-32-24-22-31(23-25-32)40-36-19-9-7-17-34(36)39(30-14-4-3-5-15-30)35-18-8-10-20-37(35)40/h3-5,7-10,14-15,17-20,22-25,33H,1-2,6,11-13,16,21,26-29H2. The smallest absolute Gasteiger partial charge is 0.305 e. The van der Waals surface area contributed by atoms with E-state index in [1.54, 1.807) is 0 Å². The molecule has 0 spiro atoms. The summed E-state index contributed by atoms with van der Waals surface area (Å²) >= 11 is 0. The third-order valence-electron chi connectivity index (χ3n) is 8.59. The van der Waals surface area contributed by atoms with Crippen LogP contribution in [0, 0.1) is 0 Å². The summed E-state index contributed by atoms with van der Waals surface area (Å²) < 4.78 is 11.5. The number of esters is 1. The van der Waals surface area contributed by atoms with Gasteiger partial charge < -0.3 is 9.47 Å². The Morgan fingerprint density at radius 2 is 1.20 bits per heavy atom. The van der Waals surface area contributed by atoms with Gasteiger partial charge in [0, 0.05) is 17.4 Å². The summed E-state index contributed by atoms with van der Waals surface area (Å²) in [5.74, 6) is 2.13. The van der Waals surface area contributed by atoms with E-state index in [4.69, 9.17) is 9.47 Å². The zero-order chi connectivity index (χ0) is 30.7. The van der Waals surface area contributed by atoms with Crippen LogP contribution in [0.15, 0.2) is 103 Å². The van der Waals surface area contributed by atoms with Gasteiger partial charge in [-0.3, -0.25) is 4.79 Å². The van der Waals surface area contributed by atoms with E-state index in [0.717, 1.165) is 49.5 Å². The van der Waals surface area contributed by atoms with Crippen LogP contribution in [0.5, 0.6) is 5.75 Å². The van der Waals surface area contributed by atoms with Gasteiger partial charge in [-0.1, -0.05) is 119 Å². The highest BCUT2D eigenvalue weighted by molar-refractivity contribution is 8.77. The molecule has 0 radical (unpaired) electrons. The first-order valence-corrected chi connectivity index (χ1v) is 18.8. The molecule has 3 nitrogen and oxygen atoms in total. The highest BCUT2D eigenvalue weighted by atomic mass is 33.1. The van der Waals surface area contributed by atoms with Crippen molar-refractivity contribution in [3.05, 3.63) is 103 Å². The molecule has 1 aliphatic rings. The second-order valence-electron chi connectivity index (χ2n) is 11.8. The topological polar surface area (TPSA) is 35.5 Å². The predicted octanol–water partition coefficient (Wildman–Crippen LogP) is 11.5. The molecule has 5 aromatic rings. The van der Waals surface area contributed by atoms with Crippen molar-refractivity contribution in [1.82, 2.24) is 0 Å². The van der Waals surface area contributed by atoms with Crippen LogP contribution >= 0.6 is 21.6 Å². The minimum absolute atomic E-state index is 0.0386. The zero-order valence-electron chi connectivity index (χ0n) is 25.9. The normalized spacial score (nSPS) is 14.6. The molecule has 1 saturated heterocycles. The quantitative estimate of drug-likeness (QED) is 0.0495. The average molecular weight is 635 g/mol. The fourth-order valence-corrected chi connectivity index (χ4v) is 9.31. The molecule has 0 aliphatic carbocycles. The number of benzene rings is 5. The second kappa shape index (κ2) is 16.2. The van der Waals surface area contributed by atoms with E-state index in [2.05, 4.69) is 103 Å². The molecule has 0 aromatic heterocycles. The van der Waals surface area contributed by atoms with Gasteiger partial charge in [-0.2, -0.15) is 0 Å². The third-order valence-corrected chi connectivity index (χ3v) is 11.6. The predicted molar refractivity (Wildman–Crippen MR) is 194 cm³/mol. The van der Waals surface area contributed by atoms with Crippen LogP contribution in [-0.2, 0) is 9.53 Å². The lowest BCUT2D eigenvalue weighted by molar-refractivity contribution is -0.143. The zero-order valence-corrected chi connectivity index (χ0v) is 27.6. The molecule has 1 heterocycles. The summed E-state index contributed by atoms with van der Waals surface area (Å²) in [6, 6.07) is 36.8. The van der Waals surface area contributed by atoms with Gasteiger partial charge in [0.25, 0.3) is 0 Å². The van der Waals surface area contributed by atoms with Gasteiger partial charge in [0.1, 0.15) is 5.75 Å². The molecule has 0 amide bonds. The third kappa shape index (κ3) is 8.25. The average Bonchev–Trinajstić information content (AvgIpc) is 3.61. The Hall–Kier alpha value is -3.41. The molecule has 1 unspecified atom stereocenters. The summed E-state index contributed by atoms with van der Waals surface area (Å²) in [5, 5.41) is 5.83. The Morgan fingerprint density at radius 1 is 0.622 bits per heavy atom. The fraction of sp³-hybridized carbons (Fsp3) is 0.325. The summed E-state index contributed by atoms with van der Waals surface area (Å²) in [4.78, 5) is 12.0. The van der Waals surface area contributed by atoms with Crippen molar-refractivity contribution in [3.63, 3.8) is 0 Å². The van der Waals surface area contributed by atoms with Crippen LogP contribution in [-0.4, -0.2) is 30.2 Å². The number of carbonyl (C=O) groups excluding carboxylic acids is 1. The summed E-state index contributed by atoms with van der Waals surface area (Å²) in [6.45, 7) is 1.22. The lowest BCUT2D eigenvalue weighted by atomic mass is 9.86. The van der Waals surface area contributed by atoms with Gasteiger partial charge in [0.05, 0.1) is 13.2 Å². The van der Waals surface area contributed by atoms with E-state index in [9.17, 15) is 4.79 Å². The molecule has 1 atom stereocenters. The van der Waals surface area contributed by atoms with Crippen molar-refractivity contribution >= 4 is 49.1 Å². The van der Waals surface area contributed by atoms with E-state index in [1.807, 2.05) is 21.6 Å². The number of fused-ring (bicyclic) bond motifs is 2. The molecule has 0 saturated carbocycles. The van der Waals surface area contributed by atoms with Gasteiger partial charge >= 0.3 is 5.97 Å². The van der Waals surface area contributed by atoms with Crippen LogP contribution in [0.2, 0.25) is 0 Å². The molecule has 232 valence electrons. The van der Waals surface area contributed by atoms with E-state index in [-0.39, 0.29) is 5.97 Å². The van der Waals surface area contributed by atoms with Gasteiger partial charge in [-0.15, -0.1) is 0 Å². The molecule has 0 bridgehead atoms. The highest BCUT2D eigenvalue weighted by Gasteiger charge is 2.17. The van der Waals surface area contributed by atoms with Crippen LogP contribution < -0.4 is 4.74 Å². The molecular weight excluding hydrogens is 593 g/mol. The van der Waals surface area contributed by atoms with Gasteiger partial charge in [0.15, 0.2) is 0 Å². The molecule has 45 heavy (non-hydrogen) atoms. The van der Waals surface area contributed by atoms with E-state index in [0.29, 0.717) is 19.6 Å². The molecule has 5 heteroatoms. The largest absolute Gasteiger partial charge is 0.494 e. The number of hydrogen-bond donors (Lipinski definition) is 0. The van der Waals surface area contributed by atoms with Crippen molar-refractivity contribution < 1.29 is 14.3 Å². The minimum Gasteiger partial charge on any atom is -0.494 e. The molecular formula is C40H42O3S2. The van der Waals surface area contributed by atoms with Crippen LogP contribution in [0.1, 0.15) is 57.8 Å². The molecule has 1 fully saturated rings. The van der Waals surface area contributed by atoms with Gasteiger partial charge in [-0.25, -0.2) is 0 Å². The fourth-order valence-electron chi connectivity index (χ4n) is 6.28. The van der Waals surface area contributed by atoms with Crippen LogP contribution in [0.25, 0.3) is 43.8 Å². The first-order chi connectivity index (χ1) is 22.3. The molecule has 5 aromatic carbocycles. The monoisotopic (exact) mass is 634 g/mol. The first kappa shape index (κ1) is 31.6. The number of rotatable bonds is 15. The van der Waals surface area contributed by atoms with Crippen molar-refractivity contribution in [1.29, 1.82) is 0 Å². The van der Waals surface area contributed by atoms with Gasteiger partial charge in [0.2, 0.25) is 0 Å². The number of unbranched alkanes of at least 4 members (excludes halogenated alkanes) is 4. The number of ether oxygens (including phenoxy) is 2. The summed E-state index contributed by atoms with van der Waals surface area (Å²) in [5.41, 5.74) is 4.97. The Labute approximate surface area is 275 Å². The van der Waals surface area contributed by atoms with Crippen molar-refractivity contribution in [3.8, 4) is 28.0 Å². The minimum atomic E-state index is -0.0386. The first-order valence-electron chi connectivity index (χ1n) is 16.4. The van der Waals surface area contributed by atoms with Crippen LogP contribution in [0.4, 0.5) is 0 Å². The molecule has 6 rings (SSSR count). The lowest BCUT2D eigenvalue weighted by Crippen LogP contribution is -2.06.